The van der Waals surface area contributed by atoms with Crippen LogP contribution in [0.4, 0.5) is 0 Å². The van der Waals surface area contributed by atoms with Crippen molar-refractivity contribution in [1.82, 2.24) is 14.3 Å². The Morgan fingerprint density at radius 1 is 1.03 bits per heavy atom. The molecule has 1 unspecified atom stereocenters. The summed E-state index contributed by atoms with van der Waals surface area (Å²) in [6.07, 6.45) is 3.42. The number of carbonyl (C=O) groups excluding carboxylic acids is 1. The normalized spacial score (nSPS) is 12.0. The third-order valence-electron chi connectivity index (χ3n) is 5.48. The molecule has 1 atom stereocenters. The Hall–Kier alpha value is -3.87. The predicted molar refractivity (Wildman–Crippen MR) is 117 cm³/mol. The van der Waals surface area contributed by atoms with E-state index in [0.717, 1.165) is 16.9 Å². The molecule has 0 fully saturated rings. The minimum atomic E-state index is -0.546. The number of ether oxygens (including phenoxy) is 2. The Morgan fingerprint density at radius 2 is 1.74 bits per heavy atom. The lowest BCUT2D eigenvalue weighted by atomic mass is 10.1. The minimum Gasteiger partial charge on any atom is -0.497 e. The van der Waals surface area contributed by atoms with Crippen LogP contribution in [-0.2, 0) is 4.74 Å². The minimum absolute atomic E-state index is 0.139. The standard InChI is InChI=1S/C24H23N3O4/c1-15-7-5-6-8-21(15)27-23(28)19-13-26(14-20(22(19)25-27)24(29)31-4)16(2)17-9-11-18(30-3)12-10-17/h5-14,16H,1-4H3. The van der Waals surface area contributed by atoms with Crippen molar-refractivity contribution in [3.63, 3.8) is 0 Å². The first-order valence-electron chi connectivity index (χ1n) is 9.87. The zero-order valence-corrected chi connectivity index (χ0v) is 17.8. The molecule has 0 saturated heterocycles. The molecule has 0 radical (unpaired) electrons. The Labute approximate surface area is 179 Å². The molecule has 7 nitrogen and oxygen atoms in total. The van der Waals surface area contributed by atoms with E-state index in [2.05, 4.69) is 5.10 Å². The molecular formula is C24H23N3O4. The molecule has 7 heteroatoms. The van der Waals surface area contributed by atoms with Gasteiger partial charge in [-0.2, -0.15) is 9.78 Å². The summed E-state index contributed by atoms with van der Waals surface area (Å²) in [6, 6.07) is 15.0. The lowest BCUT2D eigenvalue weighted by Crippen LogP contribution is -2.17. The summed E-state index contributed by atoms with van der Waals surface area (Å²) in [6.45, 7) is 3.90. The van der Waals surface area contributed by atoms with E-state index in [1.54, 1.807) is 19.5 Å². The molecule has 0 N–H and O–H groups in total. The molecule has 2 aromatic rings. The zero-order chi connectivity index (χ0) is 22.1. The van der Waals surface area contributed by atoms with E-state index >= 15 is 0 Å². The third kappa shape index (κ3) is 3.59. The largest absolute Gasteiger partial charge is 0.497 e. The summed E-state index contributed by atoms with van der Waals surface area (Å²) in [5, 5.41) is 4.48. The second kappa shape index (κ2) is 8.10. The molecule has 0 aromatic heterocycles. The van der Waals surface area contributed by atoms with Gasteiger partial charge in [0.2, 0.25) is 0 Å². The van der Waals surface area contributed by atoms with Crippen molar-refractivity contribution in [2.75, 3.05) is 14.2 Å². The topological polar surface area (TPSA) is 75.3 Å². The molecule has 0 amide bonds. The molecule has 0 aliphatic carbocycles. The van der Waals surface area contributed by atoms with Gasteiger partial charge in [-0.3, -0.25) is 4.79 Å². The van der Waals surface area contributed by atoms with Gasteiger partial charge in [-0.25, -0.2) is 4.79 Å². The second-order valence-corrected chi connectivity index (χ2v) is 7.33. The van der Waals surface area contributed by atoms with E-state index in [-0.39, 0.29) is 17.2 Å². The van der Waals surface area contributed by atoms with Crippen LogP contribution in [0.2, 0.25) is 0 Å². The van der Waals surface area contributed by atoms with Gasteiger partial charge >= 0.3 is 5.97 Å². The van der Waals surface area contributed by atoms with E-state index in [1.165, 1.54) is 11.8 Å². The molecule has 4 rings (SSSR count). The number of nitrogens with zero attached hydrogens (tertiary/aromatic N) is 3. The average Bonchev–Trinajstić information content (AvgIpc) is 3.14. The first-order chi connectivity index (χ1) is 14.9. The van der Waals surface area contributed by atoms with Crippen LogP contribution < -0.4 is 10.3 Å². The van der Waals surface area contributed by atoms with Crippen molar-refractivity contribution in [2.45, 2.75) is 19.9 Å². The van der Waals surface area contributed by atoms with Crippen LogP contribution in [0.3, 0.4) is 0 Å². The maximum absolute atomic E-state index is 13.3. The van der Waals surface area contributed by atoms with Crippen molar-refractivity contribution in [3.8, 4) is 22.7 Å². The number of carbonyl (C=O) groups is 1. The molecule has 158 valence electrons. The van der Waals surface area contributed by atoms with Crippen LogP contribution in [0, 0.1) is 6.92 Å². The number of pyridine rings is 1. The Kier molecular flexibility index (Phi) is 5.33. The van der Waals surface area contributed by atoms with Crippen molar-refractivity contribution in [3.05, 3.63) is 88.0 Å². The van der Waals surface area contributed by atoms with Crippen LogP contribution in [0.5, 0.6) is 5.75 Å². The summed E-state index contributed by atoms with van der Waals surface area (Å²) in [4.78, 5) is 25.8. The van der Waals surface area contributed by atoms with E-state index in [0.29, 0.717) is 16.9 Å². The number of esters is 1. The number of para-hydroxylation sites is 1. The van der Waals surface area contributed by atoms with Crippen LogP contribution in [0.1, 0.15) is 34.5 Å². The van der Waals surface area contributed by atoms with Gasteiger partial charge in [-0.1, -0.05) is 30.3 Å². The second-order valence-electron chi connectivity index (χ2n) is 7.33. The zero-order valence-electron chi connectivity index (χ0n) is 17.8. The molecule has 2 aromatic carbocycles. The first-order valence-corrected chi connectivity index (χ1v) is 9.87. The van der Waals surface area contributed by atoms with Gasteiger partial charge in [-0.15, -0.1) is 0 Å². The number of hydrogen-bond acceptors (Lipinski definition) is 5. The Bertz CT molecular complexity index is 1270. The third-order valence-corrected chi connectivity index (χ3v) is 5.48. The summed E-state index contributed by atoms with van der Waals surface area (Å²) in [5.41, 5.74) is 3.21. The molecule has 2 aliphatic rings. The van der Waals surface area contributed by atoms with Crippen molar-refractivity contribution in [1.29, 1.82) is 0 Å². The lowest BCUT2D eigenvalue weighted by molar-refractivity contribution is 0.0600. The molecule has 0 saturated carbocycles. The van der Waals surface area contributed by atoms with Crippen LogP contribution in [-0.4, -0.2) is 34.5 Å². The van der Waals surface area contributed by atoms with Gasteiger partial charge in [0.1, 0.15) is 17.0 Å². The number of hydrogen-bond donors (Lipinski definition) is 0. The summed E-state index contributed by atoms with van der Waals surface area (Å²) in [5.74, 6) is 0.212. The molecule has 0 spiro atoms. The highest BCUT2D eigenvalue weighted by molar-refractivity contribution is 5.96. The summed E-state index contributed by atoms with van der Waals surface area (Å²) in [7, 11) is 2.93. The highest BCUT2D eigenvalue weighted by Gasteiger charge is 2.26. The molecular weight excluding hydrogens is 394 g/mol. The van der Waals surface area contributed by atoms with Crippen molar-refractivity contribution >= 4 is 5.97 Å². The van der Waals surface area contributed by atoms with Crippen molar-refractivity contribution in [2.24, 2.45) is 0 Å². The highest BCUT2D eigenvalue weighted by Crippen LogP contribution is 2.28. The predicted octanol–water partition coefficient (Wildman–Crippen LogP) is 3.85. The van der Waals surface area contributed by atoms with E-state index in [1.807, 2.05) is 66.9 Å². The fourth-order valence-electron chi connectivity index (χ4n) is 3.63. The number of methoxy groups -OCH3 is 2. The van der Waals surface area contributed by atoms with Gasteiger partial charge in [0.05, 0.1) is 31.5 Å². The fourth-order valence-corrected chi connectivity index (χ4v) is 3.63. The van der Waals surface area contributed by atoms with E-state index in [4.69, 9.17) is 9.47 Å². The van der Waals surface area contributed by atoms with Crippen LogP contribution in [0.25, 0.3) is 16.9 Å². The SMILES string of the molecule is COC(=O)c1cn(C(C)c2ccc(OC)cc2)cc2c(=O)n(-c3ccccc3C)nc1-2. The van der Waals surface area contributed by atoms with Gasteiger partial charge < -0.3 is 14.0 Å². The number of benzene rings is 2. The number of aryl methyl sites for hydroxylation is 1. The molecule has 2 aliphatic heterocycles. The lowest BCUT2D eigenvalue weighted by Gasteiger charge is -2.19. The quantitative estimate of drug-likeness (QED) is 0.461. The van der Waals surface area contributed by atoms with Crippen molar-refractivity contribution < 1.29 is 14.3 Å². The fraction of sp³-hybridized carbons (Fsp3) is 0.208. The average molecular weight is 417 g/mol. The number of rotatable bonds is 5. The van der Waals surface area contributed by atoms with Gasteiger partial charge in [0, 0.05) is 12.4 Å². The maximum atomic E-state index is 13.3. The smallest absolute Gasteiger partial charge is 0.341 e. The highest BCUT2D eigenvalue weighted by atomic mass is 16.5. The maximum Gasteiger partial charge on any atom is 0.341 e. The first kappa shape index (κ1) is 20.4. The number of fused-ring (bicyclic) bond motifs is 1. The van der Waals surface area contributed by atoms with E-state index in [9.17, 15) is 9.59 Å². The van der Waals surface area contributed by atoms with E-state index < -0.39 is 5.97 Å². The van der Waals surface area contributed by atoms with Gasteiger partial charge in [-0.05, 0) is 43.2 Å². The van der Waals surface area contributed by atoms with Crippen LogP contribution in [0.15, 0.2) is 65.7 Å². The van der Waals surface area contributed by atoms with Crippen LogP contribution >= 0.6 is 0 Å². The summed E-state index contributed by atoms with van der Waals surface area (Å²) < 4.78 is 13.4. The summed E-state index contributed by atoms with van der Waals surface area (Å²) >= 11 is 0. The molecule has 31 heavy (non-hydrogen) atoms. The molecule has 2 heterocycles. The monoisotopic (exact) mass is 417 g/mol. The Balaban J connectivity index is 1.91. The van der Waals surface area contributed by atoms with Gasteiger partial charge in [0.15, 0.2) is 0 Å². The molecule has 0 bridgehead atoms. The van der Waals surface area contributed by atoms with Gasteiger partial charge in [0.25, 0.3) is 5.56 Å². The Morgan fingerprint density at radius 3 is 2.39 bits per heavy atom. The number of aromatic nitrogens is 3.